The summed E-state index contributed by atoms with van der Waals surface area (Å²) in [5.74, 6) is 0. The molecule has 0 bridgehead atoms. The van der Waals surface area contributed by atoms with Crippen molar-refractivity contribution in [3.63, 3.8) is 0 Å². The second-order valence-electron chi connectivity index (χ2n) is 2.45. The Morgan fingerprint density at radius 3 is 2.69 bits per heavy atom. The van der Waals surface area contributed by atoms with Crippen LogP contribution in [0.25, 0.3) is 0 Å². The first-order valence-corrected chi connectivity index (χ1v) is 4.19. The normalized spacial score (nSPS) is 11.6. The molecular formula is C9H10ClNO2. The van der Waals surface area contributed by atoms with Gasteiger partial charge in [0.1, 0.15) is 6.61 Å². The molecule has 0 amide bonds. The molecule has 0 aliphatic rings. The molecule has 3 nitrogen and oxygen atoms in total. The van der Waals surface area contributed by atoms with E-state index in [1.54, 1.807) is 0 Å². The number of oxime groups is 1. The summed E-state index contributed by atoms with van der Waals surface area (Å²) in [5, 5.41) is 11.0. The second kappa shape index (κ2) is 5.56. The van der Waals surface area contributed by atoms with Crippen molar-refractivity contribution in [3.05, 3.63) is 35.9 Å². The molecule has 1 N–H and O–H groups in total. The summed E-state index contributed by atoms with van der Waals surface area (Å²) in [6, 6.07) is 9.69. The molecule has 0 spiro atoms. The Morgan fingerprint density at radius 1 is 1.38 bits per heavy atom. The number of nitrogens with zero attached hydrogens (tertiary/aromatic N) is 1. The van der Waals surface area contributed by atoms with Crippen LogP contribution in [-0.4, -0.2) is 17.0 Å². The number of rotatable bonds is 4. The zero-order valence-electron chi connectivity index (χ0n) is 6.98. The monoisotopic (exact) mass is 199 g/mol. The second-order valence-corrected chi connectivity index (χ2v) is 2.89. The van der Waals surface area contributed by atoms with Crippen LogP contribution in [0.2, 0.25) is 0 Å². The van der Waals surface area contributed by atoms with Crippen molar-refractivity contribution >= 4 is 16.8 Å². The molecule has 1 rings (SSSR count). The Morgan fingerprint density at radius 2 is 2.08 bits per heavy atom. The lowest BCUT2D eigenvalue weighted by Gasteiger charge is -2.01. The van der Waals surface area contributed by atoms with Gasteiger partial charge in [-0.2, -0.15) is 0 Å². The van der Waals surface area contributed by atoms with Crippen LogP contribution < -0.4 is 0 Å². The summed E-state index contributed by atoms with van der Waals surface area (Å²) in [4.78, 5) is 0. The smallest absolute Gasteiger partial charge is 0.170 e. The van der Waals surface area contributed by atoms with Crippen molar-refractivity contribution in [1.29, 1.82) is 0 Å². The standard InChI is InChI=1S/C9H10ClNO2/c10-9(11-12)7-13-6-8-4-2-1-3-5-8/h1-5,12H,6-7H2/b11-9-. The van der Waals surface area contributed by atoms with Crippen molar-refractivity contribution < 1.29 is 9.94 Å². The first-order chi connectivity index (χ1) is 6.33. The molecule has 0 radical (unpaired) electrons. The molecule has 0 aliphatic carbocycles. The fourth-order valence-corrected chi connectivity index (χ4v) is 0.933. The van der Waals surface area contributed by atoms with E-state index in [4.69, 9.17) is 21.5 Å². The quantitative estimate of drug-likeness (QED) is 0.459. The van der Waals surface area contributed by atoms with Gasteiger partial charge in [0.25, 0.3) is 0 Å². The van der Waals surface area contributed by atoms with E-state index >= 15 is 0 Å². The summed E-state index contributed by atoms with van der Waals surface area (Å²) >= 11 is 5.41. The van der Waals surface area contributed by atoms with Crippen molar-refractivity contribution in [3.8, 4) is 0 Å². The zero-order chi connectivity index (χ0) is 9.52. The van der Waals surface area contributed by atoms with E-state index in [0.29, 0.717) is 6.61 Å². The van der Waals surface area contributed by atoms with Gasteiger partial charge in [0.2, 0.25) is 0 Å². The minimum Gasteiger partial charge on any atom is -0.410 e. The minimum atomic E-state index is 0.0518. The highest BCUT2D eigenvalue weighted by atomic mass is 35.5. The molecule has 13 heavy (non-hydrogen) atoms. The molecule has 0 atom stereocenters. The van der Waals surface area contributed by atoms with Gasteiger partial charge in [-0.05, 0) is 5.56 Å². The molecule has 0 aliphatic heterocycles. The maximum atomic E-state index is 8.21. The topological polar surface area (TPSA) is 41.8 Å². The lowest BCUT2D eigenvalue weighted by atomic mass is 10.2. The van der Waals surface area contributed by atoms with Gasteiger partial charge in [-0.3, -0.25) is 0 Å². The molecule has 0 unspecified atom stereocenters. The highest BCUT2D eigenvalue weighted by Crippen LogP contribution is 2.00. The Labute approximate surface area is 81.6 Å². The molecule has 0 fully saturated rings. The van der Waals surface area contributed by atoms with Crippen LogP contribution in [0.1, 0.15) is 5.56 Å². The fourth-order valence-electron chi connectivity index (χ4n) is 0.856. The predicted molar refractivity (Wildman–Crippen MR) is 51.2 cm³/mol. The van der Waals surface area contributed by atoms with E-state index < -0.39 is 0 Å². The van der Waals surface area contributed by atoms with E-state index in [-0.39, 0.29) is 11.8 Å². The summed E-state index contributed by atoms with van der Waals surface area (Å²) in [6.45, 7) is 0.597. The van der Waals surface area contributed by atoms with E-state index in [1.807, 2.05) is 30.3 Å². The average molecular weight is 200 g/mol. The SMILES string of the molecule is O/N=C(\Cl)COCc1ccccc1. The molecular weight excluding hydrogens is 190 g/mol. The Hall–Kier alpha value is -1.06. The molecule has 1 aromatic rings. The third kappa shape index (κ3) is 3.92. The lowest BCUT2D eigenvalue weighted by molar-refractivity contribution is 0.157. The van der Waals surface area contributed by atoms with Crippen LogP contribution >= 0.6 is 11.6 Å². The molecule has 0 aromatic heterocycles. The molecule has 4 heteroatoms. The Kier molecular flexibility index (Phi) is 4.29. The van der Waals surface area contributed by atoms with Gasteiger partial charge in [-0.15, -0.1) is 0 Å². The van der Waals surface area contributed by atoms with E-state index in [9.17, 15) is 0 Å². The largest absolute Gasteiger partial charge is 0.410 e. The summed E-state index contributed by atoms with van der Waals surface area (Å²) < 4.78 is 5.15. The van der Waals surface area contributed by atoms with Gasteiger partial charge in [0, 0.05) is 0 Å². The van der Waals surface area contributed by atoms with Crippen LogP contribution in [0.5, 0.6) is 0 Å². The maximum absolute atomic E-state index is 8.21. The highest BCUT2D eigenvalue weighted by Gasteiger charge is 1.95. The summed E-state index contributed by atoms with van der Waals surface area (Å²) in [6.07, 6.45) is 0. The number of ether oxygens (including phenoxy) is 1. The third-order valence-electron chi connectivity index (χ3n) is 1.44. The molecule has 0 heterocycles. The van der Waals surface area contributed by atoms with Crippen LogP contribution in [0, 0.1) is 0 Å². The van der Waals surface area contributed by atoms with E-state index in [2.05, 4.69) is 5.16 Å². The van der Waals surface area contributed by atoms with Crippen molar-refractivity contribution in [2.75, 3.05) is 6.61 Å². The molecule has 70 valence electrons. The van der Waals surface area contributed by atoms with Crippen molar-refractivity contribution in [1.82, 2.24) is 0 Å². The minimum absolute atomic E-state index is 0.0518. The van der Waals surface area contributed by atoms with Gasteiger partial charge >= 0.3 is 0 Å². The van der Waals surface area contributed by atoms with Crippen LogP contribution in [-0.2, 0) is 11.3 Å². The zero-order valence-corrected chi connectivity index (χ0v) is 7.74. The van der Waals surface area contributed by atoms with Crippen LogP contribution in [0.4, 0.5) is 0 Å². The summed E-state index contributed by atoms with van der Waals surface area (Å²) in [5.41, 5.74) is 1.06. The van der Waals surface area contributed by atoms with Gasteiger partial charge in [0.15, 0.2) is 5.17 Å². The lowest BCUT2D eigenvalue weighted by Crippen LogP contribution is -2.02. The van der Waals surface area contributed by atoms with Crippen LogP contribution in [0.15, 0.2) is 35.5 Å². The van der Waals surface area contributed by atoms with Gasteiger partial charge in [-0.25, -0.2) is 0 Å². The Balaban J connectivity index is 2.28. The van der Waals surface area contributed by atoms with E-state index in [0.717, 1.165) is 5.56 Å². The van der Waals surface area contributed by atoms with Crippen molar-refractivity contribution in [2.24, 2.45) is 5.16 Å². The van der Waals surface area contributed by atoms with Gasteiger partial charge in [0.05, 0.1) is 6.61 Å². The summed E-state index contributed by atoms with van der Waals surface area (Å²) in [7, 11) is 0. The number of benzene rings is 1. The number of hydrogen-bond acceptors (Lipinski definition) is 3. The highest BCUT2D eigenvalue weighted by molar-refractivity contribution is 6.65. The van der Waals surface area contributed by atoms with Gasteiger partial charge < -0.3 is 9.94 Å². The number of hydrogen-bond donors (Lipinski definition) is 1. The third-order valence-corrected chi connectivity index (χ3v) is 1.63. The fraction of sp³-hybridized carbons (Fsp3) is 0.222. The first kappa shape index (κ1) is 10.0. The molecule has 0 saturated carbocycles. The predicted octanol–water partition coefficient (Wildman–Crippen LogP) is 2.23. The maximum Gasteiger partial charge on any atom is 0.170 e. The Bertz CT molecular complexity index is 274. The van der Waals surface area contributed by atoms with Crippen molar-refractivity contribution in [2.45, 2.75) is 6.61 Å². The number of halogens is 1. The molecule has 1 aromatic carbocycles. The molecule has 0 saturated heterocycles. The van der Waals surface area contributed by atoms with Gasteiger partial charge in [-0.1, -0.05) is 47.1 Å². The first-order valence-electron chi connectivity index (χ1n) is 3.81. The van der Waals surface area contributed by atoms with Crippen LogP contribution in [0.3, 0.4) is 0 Å². The average Bonchev–Trinajstić information content (AvgIpc) is 2.19. The van der Waals surface area contributed by atoms with E-state index in [1.165, 1.54) is 0 Å².